The van der Waals surface area contributed by atoms with Gasteiger partial charge in [-0.1, -0.05) is 30.3 Å². The van der Waals surface area contributed by atoms with Gasteiger partial charge in [-0.15, -0.1) is 0 Å². The Labute approximate surface area is 206 Å². The highest BCUT2D eigenvalue weighted by atomic mass is 19.1. The molecule has 2 atom stereocenters. The summed E-state index contributed by atoms with van der Waals surface area (Å²) in [6.07, 6.45) is 2.07. The zero-order valence-electron chi connectivity index (χ0n) is 20.4. The first-order valence-electron chi connectivity index (χ1n) is 12.8. The van der Waals surface area contributed by atoms with Crippen LogP contribution < -0.4 is 4.90 Å². The van der Waals surface area contributed by atoms with Crippen molar-refractivity contribution in [3.63, 3.8) is 0 Å². The number of carbonyl (C=O) groups is 2. The number of anilines is 1. The molecule has 0 saturated carbocycles. The fraction of sp³-hybridized carbons (Fsp3) is 0.500. The van der Waals surface area contributed by atoms with Gasteiger partial charge in [0.15, 0.2) is 0 Å². The van der Waals surface area contributed by atoms with E-state index in [0.717, 1.165) is 38.2 Å². The maximum Gasteiger partial charge on any atom is 0.309 e. The molecule has 6 nitrogen and oxygen atoms in total. The van der Waals surface area contributed by atoms with Gasteiger partial charge in [-0.2, -0.15) is 0 Å². The number of carbonyl (C=O) groups excluding carboxylic acids is 2. The highest BCUT2D eigenvalue weighted by molar-refractivity contribution is 5.83. The molecule has 0 N–H and O–H groups in total. The molecule has 3 aliphatic heterocycles. The van der Waals surface area contributed by atoms with Gasteiger partial charge in [0, 0.05) is 45.0 Å². The molecule has 2 saturated heterocycles. The van der Waals surface area contributed by atoms with Crippen LogP contribution in [0.1, 0.15) is 30.9 Å². The van der Waals surface area contributed by atoms with E-state index in [4.69, 9.17) is 4.74 Å². The number of para-hydroxylation sites is 1. The Morgan fingerprint density at radius 2 is 1.74 bits per heavy atom. The van der Waals surface area contributed by atoms with E-state index < -0.39 is 0 Å². The summed E-state index contributed by atoms with van der Waals surface area (Å²) in [7, 11) is 0. The second-order valence-corrected chi connectivity index (χ2v) is 9.91. The Balaban J connectivity index is 1.32. The molecule has 3 heterocycles. The van der Waals surface area contributed by atoms with Crippen molar-refractivity contribution in [1.29, 1.82) is 0 Å². The van der Waals surface area contributed by atoms with Crippen molar-refractivity contribution in [1.82, 2.24) is 9.80 Å². The van der Waals surface area contributed by atoms with E-state index in [-0.39, 0.29) is 35.6 Å². The summed E-state index contributed by atoms with van der Waals surface area (Å²) in [6, 6.07) is 15.2. The van der Waals surface area contributed by atoms with Gasteiger partial charge in [0.2, 0.25) is 5.91 Å². The van der Waals surface area contributed by atoms with Gasteiger partial charge in [-0.05, 0) is 55.5 Å². The number of fused-ring (bicyclic) bond motifs is 3. The van der Waals surface area contributed by atoms with Crippen LogP contribution in [0.4, 0.5) is 10.1 Å². The van der Waals surface area contributed by atoms with E-state index in [1.54, 1.807) is 0 Å². The normalized spacial score (nSPS) is 22.9. The minimum atomic E-state index is -0.222. The molecule has 2 fully saturated rings. The summed E-state index contributed by atoms with van der Waals surface area (Å²) < 4.78 is 18.6. The fourth-order valence-electron chi connectivity index (χ4n) is 5.92. The van der Waals surface area contributed by atoms with Gasteiger partial charge in [0.25, 0.3) is 0 Å². The number of hydrogen-bond acceptors (Lipinski definition) is 5. The van der Waals surface area contributed by atoms with Gasteiger partial charge >= 0.3 is 5.97 Å². The average molecular weight is 480 g/mol. The third-order valence-corrected chi connectivity index (χ3v) is 7.77. The molecule has 0 spiro atoms. The highest BCUT2D eigenvalue weighted by Gasteiger charge is 2.43. The average Bonchev–Trinajstić information content (AvgIpc) is 2.89. The van der Waals surface area contributed by atoms with Crippen LogP contribution in [0.2, 0.25) is 0 Å². The molecule has 0 aromatic heterocycles. The summed E-state index contributed by atoms with van der Waals surface area (Å²) in [5, 5.41) is 0. The smallest absolute Gasteiger partial charge is 0.309 e. The number of piperidine rings is 1. The van der Waals surface area contributed by atoms with Crippen LogP contribution in [-0.4, -0.2) is 67.0 Å². The van der Waals surface area contributed by atoms with Crippen molar-refractivity contribution in [2.24, 2.45) is 11.8 Å². The van der Waals surface area contributed by atoms with Crippen LogP contribution in [0.25, 0.3) is 0 Å². The van der Waals surface area contributed by atoms with Crippen LogP contribution in [0.5, 0.6) is 0 Å². The van der Waals surface area contributed by atoms with Gasteiger partial charge < -0.3 is 14.5 Å². The number of rotatable bonds is 5. The Kier molecular flexibility index (Phi) is 7.04. The van der Waals surface area contributed by atoms with Gasteiger partial charge in [0.1, 0.15) is 5.82 Å². The van der Waals surface area contributed by atoms with Gasteiger partial charge in [-0.3, -0.25) is 14.5 Å². The number of amides is 1. The van der Waals surface area contributed by atoms with E-state index in [1.165, 1.54) is 23.4 Å². The van der Waals surface area contributed by atoms with Crippen molar-refractivity contribution in [2.75, 3.05) is 44.2 Å². The fourth-order valence-corrected chi connectivity index (χ4v) is 5.92. The molecule has 186 valence electrons. The topological polar surface area (TPSA) is 53.1 Å². The number of piperazine rings is 1. The standard InChI is InChI=1S/C28H34FN3O3/c1-2-35-28(34)21-11-13-31(14-12-21)27(33)24-17-22-5-3-4-6-25(22)32-16-15-30(19-26(24)32)18-20-7-9-23(29)10-8-20/h3-10,21,24,26H,2,11-19H2,1H3. The number of hydrogen-bond donors (Lipinski definition) is 0. The summed E-state index contributed by atoms with van der Waals surface area (Å²) in [6.45, 7) is 6.72. The Hall–Kier alpha value is -2.93. The second-order valence-electron chi connectivity index (χ2n) is 9.91. The number of halogens is 1. The van der Waals surface area contributed by atoms with E-state index in [2.05, 4.69) is 34.1 Å². The third kappa shape index (κ3) is 5.06. The lowest BCUT2D eigenvalue weighted by Crippen LogP contribution is -2.61. The number of ether oxygens (including phenoxy) is 1. The second kappa shape index (κ2) is 10.4. The molecular formula is C28H34FN3O3. The minimum absolute atomic E-state index is 0.0920. The van der Waals surface area contributed by atoms with Gasteiger partial charge in [0.05, 0.1) is 24.5 Å². The van der Waals surface area contributed by atoms with Crippen molar-refractivity contribution >= 4 is 17.6 Å². The predicted octanol–water partition coefficient (Wildman–Crippen LogP) is 3.49. The summed E-state index contributed by atoms with van der Waals surface area (Å²) in [4.78, 5) is 32.8. The SMILES string of the molecule is CCOC(=O)C1CCN(C(=O)C2Cc3ccccc3N3CCN(Cc4ccc(F)cc4)CC23)CC1. The maximum atomic E-state index is 13.8. The largest absolute Gasteiger partial charge is 0.466 e. The Bertz CT molecular complexity index is 1050. The number of nitrogens with zero attached hydrogens (tertiary/aromatic N) is 3. The molecule has 35 heavy (non-hydrogen) atoms. The number of likely N-dealkylation sites (tertiary alicyclic amines) is 1. The lowest BCUT2D eigenvalue weighted by atomic mass is 9.82. The van der Waals surface area contributed by atoms with Crippen LogP contribution >= 0.6 is 0 Å². The van der Waals surface area contributed by atoms with Crippen LogP contribution in [0, 0.1) is 17.7 Å². The first-order chi connectivity index (χ1) is 17.0. The van der Waals surface area contributed by atoms with Crippen molar-refractivity contribution in [3.05, 3.63) is 65.5 Å². The van der Waals surface area contributed by atoms with Crippen molar-refractivity contribution in [3.8, 4) is 0 Å². The maximum absolute atomic E-state index is 13.8. The zero-order chi connectivity index (χ0) is 24.4. The molecule has 3 aliphatic rings. The van der Waals surface area contributed by atoms with E-state index in [9.17, 15) is 14.0 Å². The lowest BCUT2D eigenvalue weighted by molar-refractivity contribution is -0.152. The monoisotopic (exact) mass is 479 g/mol. The van der Waals surface area contributed by atoms with Crippen LogP contribution in [0.15, 0.2) is 48.5 Å². The predicted molar refractivity (Wildman–Crippen MR) is 132 cm³/mol. The van der Waals surface area contributed by atoms with Crippen molar-refractivity contribution < 1.29 is 18.7 Å². The van der Waals surface area contributed by atoms with E-state index in [0.29, 0.717) is 32.5 Å². The molecule has 2 unspecified atom stereocenters. The lowest BCUT2D eigenvalue weighted by Gasteiger charge is -2.50. The summed E-state index contributed by atoms with van der Waals surface area (Å²) in [5.74, 6) is -0.398. The molecule has 0 radical (unpaired) electrons. The Morgan fingerprint density at radius 3 is 2.49 bits per heavy atom. The van der Waals surface area contributed by atoms with Gasteiger partial charge in [-0.25, -0.2) is 4.39 Å². The molecule has 5 rings (SSSR count). The van der Waals surface area contributed by atoms with Crippen LogP contribution in [0.3, 0.4) is 0 Å². The molecule has 0 bridgehead atoms. The third-order valence-electron chi connectivity index (χ3n) is 7.77. The first-order valence-corrected chi connectivity index (χ1v) is 12.8. The quantitative estimate of drug-likeness (QED) is 0.615. The highest BCUT2D eigenvalue weighted by Crippen LogP contribution is 2.37. The molecule has 2 aromatic carbocycles. The molecular weight excluding hydrogens is 445 g/mol. The molecule has 2 aromatic rings. The minimum Gasteiger partial charge on any atom is -0.466 e. The number of esters is 1. The van der Waals surface area contributed by atoms with Crippen LogP contribution in [-0.2, 0) is 27.3 Å². The summed E-state index contributed by atoms with van der Waals surface area (Å²) >= 11 is 0. The summed E-state index contributed by atoms with van der Waals surface area (Å²) in [5.41, 5.74) is 3.56. The zero-order valence-corrected chi connectivity index (χ0v) is 20.4. The van der Waals surface area contributed by atoms with E-state index >= 15 is 0 Å². The van der Waals surface area contributed by atoms with Crippen molar-refractivity contribution in [2.45, 2.75) is 38.8 Å². The Morgan fingerprint density at radius 1 is 1.00 bits per heavy atom. The molecule has 1 amide bonds. The van der Waals surface area contributed by atoms with E-state index in [1.807, 2.05) is 24.0 Å². The number of benzene rings is 2. The molecule has 0 aliphatic carbocycles. The first kappa shape index (κ1) is 23.8. The molecule has 7 heteroatoms.